The molecule has 0 atom stereocenters. The zero-order valence-electron chi connectivity index (χ0n) is 10.9. The van der Waals surface area contributed by atoms with Crippen LogP contribution in [0.5, 0.6) is 5.75 Å². The average Bonchev–Trinajstić information content (AvgIpc) is 2.33. The molecule has 0 fully saturated rings. The SMILES string of the molecule is CCOc1cc(C)c(-c2ccnc(N)n2)cc1C. The summed E-state index contributed by atoms with van der Waals surface area (Å²) in [6, 6.07) is 5.97. The predicted octanol–water partition coefficient (Wildman–Crippen LogP) is 2.74. The molecule has 1 aromatic carbocycles. The van der Waals surface area contributed by atoms with Crippen molar-refractivity contribution < 1.29 is 4.74 Å². The number of hydrogen-bond acceptors (Lipinski definition) is 4. The normalized spacial score (nSPS) is 10.4. The van der Waals surface area contributed by atoms with Gasteiger partial charge in [-0.1, -0.05) is 0 Å². The van der Waals surface area contributed by atoms with Gasteiger partial charge in [-0.2, -0.15) is 0 Å². The second kappa shape index (κ2) is 5.04. The number of hydrogen-bond donors (Lipinski definition) is 1. The summed E-state index contributed by atoms with van der Waals surface area (Å²) in [6.07, 6.45) is 1.67. The number of nitrogens with zero attached hydrogens (tertiary/aromatic N) is 2. The quantitative estimate of drug-likeness (QED) is 0.900. The maximum Gasteiger partial charge on any atom is 0.220 e. The van der Waals surface area contributed by atoms with Crippen LogP contribution in [0.4, 0.5) is 5.95 Å². The van der Waals surface area contributed by atoms with E-state index in [-0.39, 0.29) is 0 Å². The summed E-state index contributed by atoms with van der Waals surface area (Å²) in [5.41, 5.74) is 9.72. The predicted molar refractivity (Wildman–Crippen MR) is 72.5 cm³/mol. The Hall–Kier alpha value is -2.10. The number of aryl methyl sites for hydroxylation is 2. The van der Waals surface area contributed by atoms with E-state index in [0.717, 1.165) is 28.1 Å². The highest BCUT2D eigenvalue weighted by molar-refractivity contribution is 5.66. The maximum atomic E-state index is 5.61. The third kappa shape index (κ3) is 2.42. The van der Waals surface area contributed by atoms with Crippen LogP contribution in [-0.4, -0.2) is 16.6 Å². The molecule has 1 aromatic heterocycles. The molecule has 2 N–H and O–H groups in total. The summed E-state index contributed by atoms with van der Waals surface area (Å²) < 4.78 is 5.57. The second-order valence-electron chi connectivity index (χ2n) is 4.17. The molecule has 0 saturated heterocycles. The van der Waals surface area contributed by atoms with E-state index in [2.05, 4.69) is 16.0 Å². The smallest absolute Gasteiger partial charge is 0.220 e. The molecule has 2 rings (SSSR count). The van der Waals surface area contributed by atoms with Crippen LogP contribution >= 0.6 is 0 Å². The lowest BCUT2D eigenvalue weighted by Crippen LogP contribution is -1.98. The third-order valence-electron chi connectivity index (χ3n) is 2.77. The molecule has 0 saturated carbocycles. The van der Waals surface area contributed by atoms with Crippen molar-refractivity contribution in [2.75, 3.05) is 12.3 Å². The van der Waals surface area contributed by atoms with Crippen LogP contribution < -0.4 is 10.5 Å². The Bertz CT molecular complexity index is 567. The first-order valence-corrected chi connectivity index (χ1v) is 5.94. The van der Waals surface area contributed by atoms with E-state index in [4.69, 9.17) is 10.5 Å². The Morgan fingerprint density at radius 3 is 2.67 bits per heavy atom. The zero-order chi connectivity index (χ0) is 13.1. The van der Waals surface area contributed by atoms with Crippen molar-refractivity contribution in [3.05, 3.63) is 35.5 Å². The van der Waals surface area contributed by atoms with Crippen LogP contribution in [0.1, 0.15) is 18.1 Å². The van der Waals surface area contributed by atoms with Gasteiger partial charge in [-0.25, -0.2) is 9.97 Å². The molecule has 1 heterocycles. The second-order valence-corrected chi connectivity index (χ2v) is 4.17. The summed E-state index contributed by atoms with van der Waals surface area (Å²) in [6.45, 7) is 6.71. The first kappa shape index (κ1) is 12.4. The minimum Gasteiger partial charge on any atom is -0.494 e. The van der Waals surface area contributed by atoms with Crippen molar-refractivity contribution in [1.29, 1.82) is 0 Å². The minimum absolute atomic E-state index is 0.290. The van der Waals surface area contributed by atoms with Crippen LogP contribution in [0.3, 0.4) is 0 Å². The van der Waals surface area contributed by atoms with Gasteiger partial charge >= 0.3 is 0 Å². The molecule has 2 aromatic rings. The number of aromatic nitrogens is 2. The maximum absolute atomic E-state index is 5.61. The van der Waals surface area contributed by atoms with Crippen molar-refractivity contribution in [2.24, 2.45) is 0 Å². The number of rotatable bonds is 3. The van der Waals surface area contributed by atoms with Gasteiger partial charge in [0.05, 0.1) is 12.3 Å². The van der Waals surface area contributed by atoms with Crippen LogP contribution in [0.25, 0.3) is 11.3 Å². The zero-order valence-corrected chi connectivity index (χ0v) is 10.9. The van der Waals surface area contributed by atoms with Crippen LogP contribution in [0.2, 0.25) is 0 Å². The lowest BCUT2D eigenvalue weighted by atomic mass is 10.0. The number of benzene rings is 1. The largest absolute Gasteiger partial charge is 0.494 e. The topological polar surface area (TPSA) is 61.0 Å². The van der Waals surface area contributed by atoms with E-state index in [1.54, 1.807) is 6.20 Å². The van der Waals surface area contributed by atoms with Gasteiger partial charge < -0.3 is 10.5 Å². The Balaban J connectivity index is 2.49. The molecule has 0 unspecified atom stereocenters. The van der Waals surface area contributed by atoms with Crippen LogP contribution in [0, 0.1) is 13.8 Å². The fourth-order valence-electron chi connectivity index (χ4n) is 1.90. The molecule has 0 radical (unpaired) electrons. The molecule has 18 heavy (non-hydrogen) atoms. The molecule has 0 spiro atoms. The molecule has 0 aliphatic rings. The first-order valence-electron chi connectivity index (χ1n) is 5.94. The number of nitrogens with two attached hydrogens (primary N) is 1. The van der Waals surface area contributed by atoms with Gasteiger partial charge in [0.25, 0.3) is 0 Å². The number of anilines is 1. The Morgan fingerprint density at radius 1 is 1.22 bits per heavy atom. The molecular weight excluding hydrogens is 226 g/mol. The van der Waals surface area contributed by atoms with E-state index >= 15 is 0 Å². The van der Waals surface area contributed by atoms with Gasteiger partial charge in [0, 0.05) is 11.8 Å². The van der Waals surface area contributed by atoms with E-state index in [9.17, 15) is 0 Å². The summed E-state index contributed by atoms with van der Waals surface area (Å²) in [5.74, 6) is 1.21. The highest BCUT2D eigenvalue weighted by Gasteiger charge is 2.08. The van der Waals surface area contributed by atoms with Crippen molar-refractivity contribution >= 4 is 5.95 Å². The lowest BCUT2D eigenvalue weighted by molar-refractivity contribution is 0.337. The molecule has 0 aliphatic carbocycles. The molecular formula is C14H17N3O. The highest BCUT2D eigenvalue weighted by atomic mass is 16.5. The van der Waals surface area contributed by atoms with E-state index in [1.807, 2.05) is 32.9 Å². The molecule has 4 heteroatoms. The van der Waals surface area contributed by atoms with Gasteiger partial charge in [0.15, 0.2) is 0 Å². The van der Waals surface area contributed by atoms with Crippen LogP contribution in [0.15, 0.2) is 24.4 Å². The molecule has 0 amide bonds. The van der Waals surface area contributed by atoms with Gasteiger partial charge in [0.2, 0.25) is 5.95 Å². The van der Waals surface area contributed by atoms with Crippen molar-refractivity contribution in [3.8, 4) is 17.0 Å². The summed E-state index contributed by atoms with van der Waals surface area (Å²) in [7, 11) is 0. The van der Waals surface area contributed by atoms with E-state index in [1.165, 1.54) is 0 Å². The number of ether oxygens (including phenoxy) is 1. The molecule has 0 bridgehead atoms. The lowest BCUT2D eigenvalue weighted by Gasteiger charge is -2.12. The monoisotopic (exact) mass is 243 g/mol. The Labute approximate surface area is 107 Å². The Kier molecular flexibility index (Phi) is 3.46. The highest BCUT2D eigenvalue weighted by Crippen LogP contribution is 2.29. The van der Waals surface area contributed by atoms with Crippen LogP contribution in [-0.2, 0) is 0 Å². The van der Waals surface area contributed by atoms with Gasteiger partial charge in [-0.3, -0.25) is 0 Å². The molecule has 4 nitrogen and oxygen atoms in total. The van der Waals surface area contributed by atoms with E-state index < -0.39 is 0 Å². The average molecular weight is 243 g/mol. The van der Waals surface area contributed by atoms with E-state index in [0.29, 0.717) is 12.6 Å². The van der Waals surface area contributed by atoms with Gasteiger partial charge in [-0.15, -0.1) is 0 Å². The Morgan fingerprint density at radius 2 is 2.00 bits per heavy atom. The summed E-state index contributed by atoms with van der Waals surface area (Å²) >= 11 is 0. The van der Waals surface area contributed by atoms with Crippen molar-refractivity contribution in [2.45, 2.75) is 20.8 Å². The first-order chi connectivity index (χ1) is 8.61. The molecule has 0 aliphatic heterocycles. The molecule has 94 valence electrons. The third-order valence-corrected chi connectivity index (χ3v) is 2.77. The fraction of sp³-hybridized carbons (Fsp3) is 0.286. The fourth-order valence-corrected chi connectivity index (χ4v) is 1.90. The summed E-state index contributed by atoms with van der Waals surface area (Å²) in [5, 5.41) is 0. The van der Waals surface area contributed by atoms with Gasteiger partial charge in [0.1, 0.15) is 5.75 Å². The summed E-state index contributed by atoms with van der Waals surface area (Å²) in [4.78, 5) is 8.15. The van der Waals surface area contributed by atoms with Crippen molar-refractivity contribution in [3.63, 3.8) is 0 Å². The number of nitrogen functional groups attached to an aromatic ring is 1. The van der Waals surface area contributed by atoms with Gasteiger partial charge in [-0.05, 0) is 50.1 Å². The minimum atomic E-state index is 0.290. The standard InChI is InChI=1S/C14H17N3O/c1-4-18-13-8-9(2)11(7-10(13)3)12-5-6-16-14(15)17-12/h5-8H,4H2,1-3H3,(H2,15,16,17). The van der Waals surface area contributed by atoms with Crippen molar-refractivity contribution in [1.82, 2.24) is 9.97 Å².